The highest BCUT2D eigenvalue weighted by atomic mass is 19.1. The quantitative estimate of drug-likeness (QED) is 0.638. The molecule has 160 valence electrons. The second-order valence-corrected chi connectivity index (χ2v) is 8.25. The van der Waals surface area contributed by atoms with Gasteiger partial charge in [-0.1, -0.05) is 42.0 Å². The minimum absolute atomic E-state index is 0.242. The molecule has 5 nitrogen and oxygen atoms in total. The maximum atomic E-state index is 14.7. The molecule has 1 aromatic heterocycles. The van der Waals surface area contributed by atoms with Crippen molar-refractivity contribution < 1.29 is 14.3 Å². The Morgan fingerprint density at radius 1 is 1.06 bits per heavy atom. The van der Waals surface area contributed by atoms with Crippen LogP contribution in [0.4, 0.5) is 4.39 Å². The lowest BCUT2D eigenvalue weighted by atomic mass is 9.96. The van der Waals surface area contributed by atoms with Gasteiger partial charge >= 0.3 is 5.97 Å². The Bertz CT molecular complexity index is 1040. The molecule has 0 atom stereocenters. The van der Waals surface area contributed by atoms with Gasteiger partial charge in [0.1, 0.15) is 11.6 Å². The van der Waals surface area contributed by atoms with Crippen LogP contribution < -0.4 is 0 Å². The Labute approximate surface area is 181 Å². The summed E-state index contributed by atoms with van der Waals surface area (Å²) in [6.07, 6.45) is 5.31. The predicted molar refractivity (Wildman–Crippen MR) is 117 cm³/mol. The van der Waals surface area contributed by atoms with E-state index in [0.717, 1.165) is 16.7 Å². The summed E-state index contributed by atoms with van der Waals surface area (Å²) in [6, 6.07) is 13.5. The Kier molecular flexibility index (Phi) is 6.37. The van der Waals surface area contributed by atoms with E-state index >= 15 is 0 Å². The average Bonchev–Trinajstić information content (AvgIpc) is 2.77. The van der Waals surface area contributed by atoms with Crippen LogP contribution in [0.15, 0.2) is 54.9 Å². The lowest BCUT2D eigenvalue weighted by Gasteiger charge is -2.30. The van der Waals surface area contributed by atoms with Crippen LogP contribution in [0.2, 0.25) is 0 Å². The number of hydrogen-bond acceptors (Lipinski definition) is 4. The fourth-order valence-corrected chi connectivity index (χ4v) is 3.93. The van der Waals surface area contributed by atoms with Crippen LogP contribution in [-0.4, -0.2) is 39.0 Å². The molecule has 0 spiro atoms. The maximum Gasteiger partial charge on any atom is 0.306 e. The van der Waals surface area contributed by atoms with E-state index in [0.29, 0.717) is 50.3 Å². The normalized spacial score (nSPS) is 15.2. The van der Waals surface area contributed by atoms with Gasteiger partial charge in [0, 0.05) is 36.5 Å². The fraction of sp³-hybridized carbons (Fsp3) is 0.320. The van der Waals surface area contributed by atoms with Gasteiger partial charge in [0.05, 0.1) is 5.92 Å². The number of carboxylic acid groups (broad SMARTS) is 1. The zero-order chi connectivity index (χ0) is 21.8. The summed E-state index contributed by atoms with van der Waals surface area (Å²) in [4.78, 5) is 22.1. The third-order valence-electron chi connectivity index (χ3n) is 5.90. The van der Waals surface area contributed by atoms with E-state index in [1.807, 2.05) is 24.3 Å². The van der Waals surface area contributed by atoms with Gasteiger partial charge in [-0.3, -0.25) is 9.69 Å². The molecule has 0 radical (unpaired) electrons. The van der Waals surface area contributed by atoms with Gasteiger partial charge < -0.3 is 5.11 Å². The van der Waals surface area contributed by atoms with Gasteiger partial charge in [-0.2, -0.15) is 0 Å². The summed E-state index contributed by atoms with van der Waals surface area (Å²) < 4.78 is 14.7. The van der Waals surface area contributed by atoms with Crippen LogP contribution in [0.25, 0.3) is 11.1 Å². The van der Waals surface area contributed by atoms with Gasteiger partial charge in [0.2, 0.25) is 0 Å². The molecule has 3 aromatic rings. The Morgan fingerprint density at radius 3 is 2.35 bits per heavy atom. The molecular formula is C25H26FN3O2. The highest BCUT2D eigenvalue weighted by Gasteiger charge is 2.24. The van der Waals surface area contributed by atoms with Crippen molar-refractivity contribution in [1.29, 1.82) is 0 Å². The number of halogens is 1. The van der Waals surface area contributed by atoms with Crippen LogP contribution in [0.5, 0.6) is 0 Å². The van der Waals surface area contributed by atoms with Crippen molar-refractivity contribution >= 4 is 5.97 Å². The highest BCUT2D eigenvalue weighted by molar-refractivity contribution is 5.70. The predicted octanol–water partition coefficient (Wildman–Crippen LogP) is 4.48. The van der Waals surface area contributed by atoms with Gasteiger partial charge in [0.25, 0.3) is 0 Å². The van der Waals surface area contributed by atoms with Gasteiger partial charge in [0.15, 0.2) is 0 Å². The van der Waals surface area contributed by atoms with Gasteiger partial charge in [-0.15, -0.1) is 0 Å². The third kappa shape index (κ3) is 5.33. The number of aryl methyl sites for hydroxylation is 1. The summed E-state index contributed by atoms with van der Waals surface area (Å²) in [6.45, 7) is 3.91. The van der Waals surface area contributed by atoms with Gasteiger partial charge in [-0.25, -0.2) is 14.4 Å². The summed E-state index contributed by atoms with van der Waals surface area (Å²) in [7, 11) is 0. The first-order chi connectivity index (χ1) is 15.0. The first-order valence-electron chi connectivity index (χ1n) is 10.6. The summed E-state index contributed by atoms with van der Waals surface area (Å²) in [5.74, 6) is -0.599. The largest absolute Gasteiger partial charge is 0.481 e. The molecule has 1 fully saturated rings. The lowest BCUT2D eigenvalue weighted by Crippen LogP contribution is -2.36. The molecule has 0 bridgehead atoms. The molecule has 0 saturated carbocycles. The van der Waals surface area contributed by atoms with Crippen LogP contribution in [-0.2, 0) is 17.8 Å². The second kappa shape index (κ2) is 9.35. The minimum atomic E-state index is -0.732. The Balaban J connectivity index is 1.37. The van der Waals surface area contributed by atoms with E-state index in [1.54, 1.807) is 18.5 Å². The molecular weight excluding hydrogens is 393 g/mol. The number of benzene rings is 2. The van der Waals surface area contributed by atoms with E-state index < -0.39 is 5.97 Å². The number of carboxylic acids is 1. The summed E-state index contributed by atoms with van der Waals surface area (Å²) >= 11 is 0. The monoisotopic (exact) mass is 419 g/mol. The Hall–Kier alpha value is -3.12. The molecule has 0 unspecified atom stereocenters. The number of rotatable bonds is 6. The molecule has 2 aromatic carbocycles. The number of nitrogens with zero attached hydrogens (tertiary/aromatic N) is 3. The number of likely N-dealkylation sites (tertiary alicyclic amines) is 1. The topological polar surface area (TPSA) is 66.3 Å². The number of aromatic nitrogens is 2. The second-order valence-electron chi connectivity index (χ2n) is 8.25. The van der Waals surface area contributed by atoms with Crippen molar-refractivity contribution in [3.05, 3.63) is 83.2 Å². The van der Waals surface area contributed by atoms with Crippen molar-refractivity contribution in [1.82, 2.24) is 14.9 Å². The van der Waals surface area contributed by atoms with Crippen LogP contribution in [0.1, 0.15) is 35.4 Å². The number of carbonyl (C=O) groups is 1. The van der Waals surface area contributed by atoms with Crippen molar-refractivity contribution in [2.45, 2.75) is 32.7 Å². The van der Waals surface area contributed by atoms with E-state index in [4.69, 9.17) is 5.11 Å². The molecule has 1 N–H and O–H groups in total. The van der Waals surface area contributed by atoms with Crippen molar-refractivity contribution in [3.63, 3.8) is 0 Å². The molecule has 0 aliphatic carbocycles. The zero-order valence-corrected chi connectivity index (χ0v) is 17.6. The van der Waals surface area contributed by atoms with Crippen LogP contribution in [0, 0.1) is 18.7 Å². The van der Waals surface area contributed by atoms with E-state index in [-0.39, 0.29) is 11.7 Å². The zero-order valence-electron chi connectivity index (χ0n) is 17.6. The molecule has 6 heteroatoms. The number of hydrogen-bond donors (Lipinski definition) is 1. The average molecular weight is 420 g/mol. The minimum Gasteiger partial charge on any atom is -0.481 e. The van der Waals surface area contributed by atoms with E-state index in [9.17, 15) is 9.18 Å². The van der Waals surface area contributed by atoms with Crippen LogP contribution in [0.3, 0.4) is 0 Å². The smallest absolute Gasteiger partial charge is 0.306 e. The maximum absolute atomic E-state index is 14.7. The molecule has 31 heavy (non-hydrogen) atoms. The summed E-state index contributed by atoms with van der Waals surface area (Å²) in [5, 5.41) is 9.10. The SMILES string of the molecule is Cc1ccc(-c2cnc(Cc3ccc(CN4CCC(C(=O)O)CC4)c(F)c3)nc2)cc1. The first kappa shape index (κ1) is 21.1. The fourth-order valence-electron chi connectivity index (χ4n) is 3.93. The standard InChI is InChI=1S/C25H26FN3O2/c1-17-2-5-19(6-3-17)22-14-27-24(28-15-22)13-18-4-7-21(23(26)12-18)16-29-10-8-20(9-11-29)25(30)31/h2-7,12,14-15,20H,8-11,13,16H2,1H3,(H,30,31). The van der Waals surface area contributed by atoms with Crippen molar-refractivity contribution in [2.24, 2.45) is 5.92 Å². The van der Waals surface area contributed by atoms with Crippen molar-refractivity contribution in [3.8, 4) is 11.1 Å². The third-order valence-corrected chi connectivity index (χ3v) is 5.90. The molecule has 0 amide bonds. The lowest BCUT2D eigenvalue weighted by molar-refractivity contribution is -0.143. The molecule has 1 aliphatic rings. The van der Waals surface area contributed by atoms with Crippen molar-refractivity contribution in [2.75, 3.05) is 13.1 Å². The van der Waals surface area contributed by atoms with E-state index in [1.165, 1.54) is 5.56 Å². The molecule has 1 saturated heterocycles. The van der Waals surface area contributed by atoms with E-state index in [2.05, 4.69) is 33.9 Å². The molecule has 1 aliphatic heterocycles. The number of piperidine rings is 1. The molecule has 2 heterocycles. The summed E-state index contributed by atoms with van der Waals surface area (Å²) in [5.41, 5.74) is 4.69. The van der Waals surface area contributed by atoms with Crippen LogP contribution >= 0.6 is 0 Å². The molecule has 4 rings (SSSR count). The number of aliphatic carboxylic acids is 1. The highest BCUT2D eigenvalue weighted by Crippen LogP contribution is 2.22. The first-order valence-corrected chi connectivity index (χ1v) is 10.6. The Morgan fingerprint density at radius 2 is 1.74 bits per heavy atom. The van der Waals surface area contributed by atoms with Gasteiger partial charge in [-0.05, 0) is 50.0 Å².